The van der Waals surface area contributed by atoms with Gasteiger partial charge in [0.15, 0.2) is 36.6 Å². The van der Waals surface area contributed by atoms with Gasteiger partial charge < -0.3 is 49.3 Å². The molecule has 0 saturated carbocycles. The van der Waals surface area contributed by atoms with Gasteiger partial charge in [-0.25, -0.2) is 9.59 Å². The van der Waals surface area contributed by atoms with Gasteiger partial charge in [-0.3, -0.25) is 19.2 Å². The van der Waals surface area contributed by atoms with Crippen LogP contribution < -0.4 is 0 Å². The van der Waals surface area contributed by atoms with E-state index in [1.54, 1.807) is 55.4 Å². The highest BCUT2D eigenvalue weighted by Crippen LogP contribution is 2.24. The van der Waals surface area contributed by atoms with Gasteiger partial charge >= 0.3 is 23.9 Å². The topological polar surface area (TPSA) is 226 Å². The molecular formula is C32H54N2O14-2. The standard InChI is InChI=1S/C32H54N2O14/c1-15(2)23(33-11)29(39)47-21(13-43-31(41)25(37)17(5)6)27(45-19(9)35)28(46-20(10)36)22(14-44-32(42)26(38)18(7)8)48-30(40)24(34-12)16(3)4/h15-18,21-28,37-38H,13-14H2,1-12H3/q-2/t21-,22-,23?,24?,25-,26-,27-,28-/m1/s1. The highest BCUT2D eigenvalue weighted by atomic mass is 16.6. The molecule has 0 rings (SSSR count). The Bertz CT molecular complexity index is 981. The fourth-order valence-electron chi connectivity index (χ4n) is 4.32. The number of carbonyl (C=O) groups is 6. The summed E-state index contributed by atoms with van der Waals surface area (Å²) in [7, 11) is 2.76. The van der Waals surface area contributed by atoms with E-state index in [4.69, 9.17) is 28.4 Å². The molecule has 0 fully saturated rings. The van der Waals surface area contributed by atoms with Crippen LogP contribution in [0.4, 0.5) is 0 Å². The molecule has 0 aromatic carbocycles. The van der Waals surface area contributed by atoms with Crippen molar-refractivity contribution >= 4 is 35.8 Å². The van der Waals surface area contributed by atoms with Gasteiger partial charge in [-0.2, -0.15) is 14.1 Å². The third-order valence-electron chi connectivity index (χ3n) is 7.02. The summed E-state index contributed by atoms with van der Waals surface area (Å²) in [5.74, 6) is -7.85. The van der Waals surface area contributed by atoms with E-state index in [0.717, 1.165) is 13.8 Å². The lowest BCUT2D eigenvalue weighted by Gasteiger charge is -2.38. The number of esters is 6. The molecule has 16 heteroatoms. The lowest BCUT2D eigenvalue weighted by atomic mass is 10.0. The zero-order valence-electron chi connectivity index (χ0n) is 30.0. The van der Waals surface area contributed by atoms with E-state index >= 15 is 0 Å². The molecule has 0 saturated heterocycles. The Balaban J connectivity index is 7.22. The van der Waals surface area contributed by atoms with E-state index in [0.29, 0.717) is 0 Å². The number of aliphatic hydroxyl groups is 2. The summed E-state index contributed by atoms with van der Waals surface area (Å²) in [6.45, 7) is 13.3. The molecule has 2 N–H and O–H groups in total. The monoisotopic (exact) mass is 690 g/mol. The van der Waals surface area contributed by atoms with Crippen LogP contribution in [0.5, 0.6) is 0 Å². The summed E-state index contributed by atoms with van der Waals surface area (Å²) in [5, 5.41) is 28.5. The summed E-state index contributed by atoms with van der Waals surface area (Å²) >= 11 is 0. The number of carbonyl (C=O) groups excluding carboxylic acids is 6. The molecule has 48 heavy (non-hydrogen) atoms. The van der Waals surface area contributed by atoms with Crippen LogP contribution in [0.3, 0.4) is 0 Å². The minimum absolute atomic E-state index is 0.365. The molecule has 0 radical (unpaired) electrons. The predicted octanol–water partition coefficient (Wildman–Crippen LogP) is 1.85. The smallest absolute Gasteiger partial charge is 0.335 e. The molecule has 0 aliphatic carbocycles. The summed E-state index contributed by atoms with van der Waals surface area (Å²) in [5.41, 5.74) is 0. The summed E-state index contributed by atoms with van der Waals surface area (Å²) in [4.78, 5) is 76.8. The molecule has 0 aliphatic heterocycles. The molecule has 0 spiro atoms. The molecule has 0 aliphatic rings. The molecule has 16 nitrogen and oxygen atoms in total. The highest BCUT2D eigenvalue weighted by Gasteiger charge is 2.46. The van der Waals surface area contributed by atoms with Gasteiger partial charge in [-0.15, -0.1) is 0 Å². The van der Waals surface area contributed by atoms with Gasteiger partial charge in [0.05, 0.1) is 0 Å². The Kier molecular flexibility index (Phi) is 20.1. The second-order valence-corrected chi connectivity index (χ2v) is 12.6. The van der Waals surface area contributed by atoms with E-state index in [-0.39, 0.29) is 11.8 Å². The molecule has 0 aromatic rings. The van der Waals surface area contributed by atoms with Gasteiger partial charge in [0.25, 0.3) is 11.9 Å². The maximum atomic E-state index is 13.3. The maximum Gasteiger partial charge on any atom is 0.335 e. The van der Waals surface area contributed by atoms with Gasteiger partial charge in [0.1, 0.15) is 13.2 Å². The third-order valence-corrected chi connectivity index (χ3v) is 7.02. The van der Waals surface area contributed by atoms with Crippen LogP contribution in [0.1, 0.15) is 69.2 Å². The lowest BCUT2D eigenvalue weighted by Crippen LogP contribution is -2.55. The first kappa shape index (κ1) is 44.7. The average Bonchev–Trinajstić information content (AvgIpc) is 2.97. The largest absolute Gasteiger partial charge is 0.653 e. The number of hydrogen-bond donors (Lipinski definition) is 2. The van der Waals surface area contributed by atoms with Crippen molar-refractivity contribution in [2.75, 3.05) is 27.3 Å². The SMILES string of the molecule is C[N-]C(C(=O)O[C@H](COC(=O)[C@H](O)C(C)C)[C@@H](OC(C)=O)[C@H](OC(C)=O)[C@@H](COC(=O)[C@H](O)C(C)C)OC(=O)C([N-]C)C(C)C)C(C)C. The quantitative estimate of drug-likeness (QED) is 0.129. The zero-order valence-corrected chi connectivity index (χ0v) is 30.0. The zero-order chi connectivity index (χ0) is 37.5. The van der Waals surface area contributed by atoms with Gasteiger partial charge in [0, 0.05) is 13.8 Å². The normalized spacial score (nSPS) is 16.6. The predicted molar refractivity (Wildman–Crippen MR) is 170 cm³/mol. The number of aliphatic hydroxyl groups excluding tert-OH is 2. The van der Waals surface area contributed by atoms with Crippen LogP contribution in [0, 0.1) is 23.7 Å². The van der Waals surface area contributed by atoms with E-state index in [1.807, 2.05) is 0 Å². The van der Waals surface area contributed by atoms with Crippen molar-refractivity contribution in [3.8, 4) is 0 Å². The molecule has 0 bridgehead atoms. The summed E-state index contributed by atoms with van der Waals surface area (Å²) in [6, 6.07) is -2.06. The second kappa shape index (κ2) is 21.6. The Morgan fingerprint density at radius 1 is 0.500 bits per heavy atom. The molecule has 0 aromatic heterocycles. The Morgan fingerprint density at radius 2 is 0.792 bits per heavy atom. The van der Waals surface area contributed by atoms with Crippen molar-refractivity contribution in [3.63, 3.8) is 0 Å². The minimum Gasteiger partial charge on any atom is -0.653 e. The first-order valence-corrected chi connectivity index (χ1v) is 15.8. The molecule has 2 unspecified atom stereocenters. The van der Waals surface area contributed by atoms with Crippen molar-refractivity contribution in [1.82, 2.24) is 0 Å². The second-order valence-electron chi connectivity index (χ2n) is 12.6. The molecule has 0 heterocycles. The van der Waals surface area contributed by atoms with Crippen molar-refractivity contribution in [1.29, 1.82) is 0 Å². The molecule has 8 atom stereocenters. The first-order chi connectivity index (χ1) is 22.2. The molecule has 0 amide bonds. The minimum atomic E-state index is -1.85. The van der Waals surface area contributed by atoms with Gasteiger partial charge in [0.2, 0.25) is 0 Å². The van der Waals surface area contributed by atoms with Crippen molar-refractivity contribution in [3.05, 3.63) is 10.6 Å². The third kappa shape index (κ3) is 14.8. The van der Waals surface area contributed by atoms with Crippen molar-refractivity contribution in [2.45, 2.75) is 118 Å². The van der Waals surface area contributed by atoms with E-state index in [9.17, 15) is 39.0 Å². The first-order valence-electron chi connectivity index (χ1n) is 15.8. The van der Waals surface area contributed by atoms with Crippen LogP contribution in [0.25, 0.3) is 10.6 Å². The van der Waals surface area contributed by atoms with Crippen LogP contribution in [0.15, 0.2) is 0 Å². The summed E-state index contributed by atoms with van der Waals surface area (Å²) in [6.07, 6.45) is -10.3. The average molecular weight is 691 g/mol. The van der Waals surface area contributed by atoms with Crippen molar-refractivity contribution in [2.24, 2.45) is 23.7 Å². The Morgan fingerprint density at radius 3 is 1.00 bits per heavy atom. The number of nitrogens with zero attached hydrogens (tertiary/aromatic N) is 2. The number of ether oxygens (including phenoxy) is 6. The van der Waals surface area contributed by atoms with E-state index < -0.39 is 110 Å². The van der Waals surface area contributed by atoms with E-state index in [1.165, 1.54) is 14.1 Å². The molecule has 278 valence electrons. The highest BCUT2D eigenvalue weighted by molar-refractivity contribution is 5.80. The number of likely N-dealkylation sites (N-methyl/N-ethyl adjacent to an activating group) is 2. The summed E-state index contributed by atoms with van der Waals surface area (Å²) < 4.78 is 32.8. The maximum absolute atomic E-state index is 13.3. The molecular weight excluding hydrogens is 636 g/mol. The fraction of sp³-hybridized carbons (Fsp3) is 0.812. The fourth-order valence-corrected chi connectivity index (χ4v) is 4.32. The van der Waals surface area contributed by atoms with Crippen LogP contribution in [-0.2, 0) is 57.2 Å². The van der Waals surface area contributed by atoms with E-state index in [2.05, 4.69) is 10.6 Å². The van der Waals surface area contributed by atoms with Gasteiger partial charge in [-0.05, 0) is 23.9 Å². The van der Waals surface area contributed by atoms with Crippen LogP contribution >= 0.6 is 0 Å². The number of rotatable bonds is 21. The van der Waals surface area contributed by atoms with Crippen LogP contribution in [-0.4, -0.2) is 122 Å². The lowest BCUT2D eigenvalue weighted by molar-refractivity contribution is -0.210. The van der Waals surface area contributed by atoms with Crippen molar-refractivity contribution < 1.29 is 67.4 Å². The van der Waals surface area contributed by atoms with Gasteiger partial charge in [-0.1, -0.05) is 67.2 Å². The Hall–Kier alpha value is -3.34. The number of hydrogen-bond acceptors (Lipinski definition) is 14. The van der Waals surface area contributed by atoms with Crippen LogP contribution in [0.2, 0.25) is 0 Å². The Labute approximate surface area is 282 Å².